The van der Waals surface area contributed by atoms with Crippen molar-refractivity contribution < 1.29 is 9.47 Å². The van der Waals surface area contributed by atoms with Gasteiger partial charge in [-0.2, -0.15) is 0 Å². The van der Waals surface area contributed by atoms with Crippen LogP contribution >= 0.6 is 11.6 Å². The molecule has 2 aliphatic rings. The van der Waals surface area contributed by atoms with Crippen LogP contribution in [0.1, 0.15) is 25.7 Å². The van der Waals surface area contributed by atoms with Crippen molar-refractivity contribution in [3.05, 3.63) is 24.3 Å². The first-order valence-electron chi connectivity index (χ1n) is 6.46. The Labute approximate surface area is 109 Å². The molecule has 2 nitrogen and oxygen atoms in total. The molecule has 2 fully saturated rings. The maximum Gasteiger partial charge on any atom is 0.160 e. The Morgan fingerprint density at radius 1 is 1.00 bits per heavy atom. The molecule has 17 heavy (non-hydrogen) atoms. The average molecular weight is 257 g/mol. The van der Waals surface area contributed by atoms with Crippen molar-refractivity contribution in [2.45, 2.75) is 32.0 Å². The standard InChI is InChI=1S/C14H21ClO2/c1-2-11-9-16-14(17-10-11)13-5-3-12(4-6-13)7-8-15/h2,7-8,11-14H,1,3-6,9-10H2/b8-7+/t11-,12?,13?,14-. The Balaban J connectivity index is 1.76. The lowest BCUT2D eigenvalue weighted by Gasteiger charge is -2.36. The van der Waals surface area contributed by atoms with E-state index in [1.807, 2.05) is 6.08 Å². The molecule has 0 amide bonds. The second-order valence-corrected chi connectivity index (χ2v) is 5.28. The Morgan fingerprint density at radius 2 is 1.65 bits per heavy atom. The van der Waals surface area contributed by atoms with Crippen molar-refractivity contribution in [3.63, 3.8) is 0 Å². The molecular weight excluding hydrogens is 236 g/mol. The predicted molar refractivity (Wildman–Crippen MR) is 69.8 cm³/mol. The lowest BCUT2D eigenvalue weighted by Crippen LogP contribution is -2.37. The highest BCUT2D eigenvalue weighted by atomic mass is 35.5. The zero-order valence-corrected chi connectivity index (χ0v) is 10.9. The Kier molecular flexibility index (Phi) is 5.08. The van der Waals surface area contributed by atoms with Gasteiger partial charge in [-0.15, -0.1) is 6.58 Å². The molecule has 1 heterocycles. The lowest BCUT2D eigenvalue weighted by atomic mass is 9.81. The fourth-order valence-electron chi connectivity index (χ4n) is 2.65. The minimum absolute atomic E-state index is 0.00660. The van der Waals surface area contributed by atoms with Crippen LogP contribution in [0.2, 0.25) is 0 Å². The van der Waals surface area contributed by atoms with Gasteiger partial charge in [-0.05, 0) is 31.6 Å². The summed E-state index contributed by atoms with van der Waals surface area (Å²) in [6.45, 7) is 5.29. The summed E-state index contributed by atoms with van der Waals surface area (Å²) in [6, 6.07) is 0. The number of halogens is 1. The summed E-state index contributed by atoms with van der Waals surface area (Å²) >= 11 is 5.61. The van der Waals surface area contributed by atoms with Crippen LogP contribution in [0.4, 0.5) is 0 Å². The topological polar surface area (TPSA) is 18.5 Å². The molecule has 96 valence electrons. The van der Waals surface area contributed by atoms with Gasteiger partial charge in [0.05, 0.1) is 13.2 Å². The molecule has 2 rings (SSSR count). The zero-order chi connectivity index (χ0) is 12.1. The van der Waals surface area contributed by atoms with Gasteiger partial charge >= 0.3 is 0 Å². The van der Waals surface area contributed by atoms with Gasteiger partial charge < -0.3 is 9.47 Å². The van der Waals surface area contributed by atoms with E-state index >= 15 is 0 Å². The van der Waals surface area contributed by atoms with Gasteiger partial charge in [0.15, 0.2) is 6.29 Å². The molecule has 0 unspecified atom stereocenters. The average Bonchev–Trinajstić information content (AvgIpc) is 2.40. The van der Waals surface area contributed by atoms with Gasteiger partial charge in [0.25, 0.3) is 0 Å². The molecule has 0 bridgehead atoms. The summed E-state index contributed by atoms with van der Waals surface area (Å²) in [5.41, 5.74) is 1.65. The molecule has 0 aromatic heterocycles. The van der Waals surface area contributed by atoms with E-state index in [1.54, 1.807) is 5.54 Å². The van der Waals surface area contributed by atoms with E-state index in [0.29, 0.717) is 17.8 Å². The second-order valence-electron chi connectivity index (χ2n) is 5.02. The van der Waals surface area contributed by atoms with Crippen molar-refractivity contribution in [3.8, 4) is 0 Å². The Morgan fingerprint density at radius 3 is 2.18 bits per heavy atom. The van der Waals surface area contributed by atoms with Crippen molar-refractivity contribution in [1.82, 2.24) is 0 Å². The molecule has 1 aliphatic heterocycles. The van der Waals surface area contributed by atoms with Crippen LogP contribution in [-0.4, -0.2) is 19.5 Å². The van der Waals surface area contributed by atoms with Crippen LogP contribution in [-0.2, 0) is 9.47 Å². The summed E-state index contributed by atoms with van der Waals surface area (Å²) in [4.78, 5) is 0. The minimum atomic E-state index is 0.00660. The summed E-state index contributed by atoms with van der Waals surface area (Å²) in [5, 5.41) is 0. The highest BCUT2D eigenvalue weighted by Gasteiger charge is 2.31. The quantitative estimate of drug-likeness (QED) is 0.717. The highest BCUT2D eigenvalue weighted by molar-refractivity contribution is 6.25. The van der Waals surface area contributed by atoms with Gasteiger partial charge in [-0.25, -0.2) is 0 Å². The van der Waals surface area contributed by atoms with E-state index in [2.05, 4.69) is 12.7 Å². The first-order valence-corrected chi connectivity index (χ1v) is 6.89. The van der Waals surface area contributed by atoms with Crippen LogP contribution in [0.15, 0.2) is 24.3 Å². The molecule has 0 N–H and O–H groups in total. The molecule has 0 aromatic carbocycles. The molecule has 1 saturated carbocycles. The molecule has 1 saturated heterocycles. The van der Waals surface area contributed by atoms with Crippen molar-refractivity contribution in [2.75, 3.05) is 13.2 Å². The zero-order valence-electron chi connectivity index (χ0n) is 10.2. The molecule has 0 radical (unpaired) electrons. The van der Waals surface area contributed by atoms with E-state index in [-0.39, 0.29) is 6.29 Å². The van der Waals surface area contributed by atoms with Crippen LogP contribution in [0.3, 0.4) is 0 Å². The summed E-state index contributed by atoms with van der Waals surface area (Å²) in [7, 11) is 0. The first kappa shape index (κ1) is 13.1. The molecule has 0 atom stereocenters. The van der Waals surface area contributed by atoms with Gasteiger partial charge in [-0.3, -0.25) is 0 Å². The third-order valence-corrected chi connectivity index (χ3v) is 3.97. The highest BCUT2D eigenvalue weighted by Crippen LogP contribution is 2.34. The fourth-order valence-corrected chi connectivity index (χ4v) is 2.86. The van der Waals surface area contributed by atoms with E-state index in [9.17, 15) is 0 Å². The maximum atomic E-state index is 5.78. The summed E-state index contributed by atoms with van der Waals surface area (Å²) in [5.74, 6) is 1.57. The Bertz CT molecular complexity index is 261. The number of hydrogen-bond donors (Lipinski definition) is 0. The summed E-state index contributed by atoms with van der Waals surface area (Å²) < 4.78 is 11.6. The molecule has 3 heteroatoms. The van der Waals surface area contributed by atoms with E-state index in [4.69, 9.17) is 21.1 Å². The minimum Gasteiger partial charge on any atom is -0.352 e. The largest absolute Gasteiger partial charge is 0.352 e. The summed E-state index contributed by atoms with van der Waals surface area (Å²) in [6.07, 6.45) is 8.77. The molecule has 1 aliphatic carbocycles. The van der Waals surface area contributed by atoms with E-state index in [0.717, 1.165) is 13.2 Å². The van der Waals surface area contributed by atoms with Crippen molar-refractivity contribution in [1.29, 1.82) is 0 Å². The van der Waals surface area contributed by atoms with E-state index in [1.165, 1.54) is 25.7 Å². The van der Waals surface area contributed by atoms with Crippen LogP contribution in [0.5, 0.6) is 0 Å². The van der Waals surface area contributed by atoms with Gasteiger partial charge in [0.1, 0.15) is 0 Å². The molecule has 0 aromatic rings. The fraction of sp³-hybridized carbons (Fsp3) is 0.714. The number of rotatable bonds is 3. The first-order chi connectivity index (χ1) is 8.33. The number of allylic oxidation sites excluding steroid dienone is 1. The normalized spacial score (nSPS) is 39.4. The second kappa shape index (κ2) is 6.58. The molecular formula is C14H21ClO2. The van der Waals surface area contributed by atoms with Gasteiger partial charge in [0, 0.05) is 17.4 Å². The Hall–Kier alpha value is -0.310. The predicted octanol–water partition coefficient (Wildman–Crippen LogP) is 3.72. The van der Waals surface area contributed by atoms with Crippen LogP contribution < -0.4 is 0 Å². The van der Waals surface area contributed by atoms with Crippen molar-refractivity contribution >= 4 is 11.6 Å². The van der Waals surface area contributed by atoms with Gasteiger partial charge in [-0.1, -0.05) is 23.8 Å². The number of hydrogen-bond acceptors (Lipinski definition) is 2. The monoisotopic (exact) mass is 256 g/mol. The van der Waals surface area contributed by atoms with Crippen molar-refractivity contribution in [2.24, 2.45) is 17.8 Å². The number of ether oxygens (including phenoxy) is 2. The lowest BCUT2D eigenvalue weighted by molar-refractivity contribution is -0.222. The maximum absolute atomic E-state index is 5.78. The molecule has 0 spiro atoms. The van der Waals surface area contributed by atoms with E-state index < -0.39 is 0 Å². The SMILES string of the molecule is C=C[C@H]1CO[C@H](C2CCC(/C=C/Cl)CC2)OC1. The smallest absolute Gasteiger partial charge is 0.160 e. The van der Waals surface area contributed by atoms with Crippen LogP contribution in [0.25, 0.3) is 0 Å². The van der Waals surface area contributed by atoms with Crippen LogP contribution in [0, 0.1) is 17.8 Å². The third kappa shape index (κ3) is 3.57. The third-order valence-electron chi connectivity index (χ3n) is 3.83. The van der Waals surface area contributed by atoms with Gasteiger partial charge in [0.2, 0.25) is 0 Å².